The summed E-state index contributed by atoms with van der Waals surface area (Å²) in [6.45, 7) is 52.1. The fraction of sp³-hybridized carbons (Fsp3) is 0.477. The Labute approximate surface area is 586 Å². The lowest BCUT2D eigenvalue weighted by atomic mass is 9.79. The first-order valence-corrected chi connectivity index (χ1v) is 36.1. The molecule has 1 aliphatic carbocycles. The van der Waals surface area contributed by atoms with Gasteiger partial charge in [-0.3, -0.25) is 0 Å². The Kier molecular flexibility index (Phi) is 22.0. The third-order valence-electron chi connectivity index (χ3n) is 19.3. The minimum Gasteiger partial charge on any atom is -0.493 e. The first kappa shape index (κ1) is 72.5. The van der Waals surface area contributed by atoms with E-state index in [9.17, 15) is 0 Å². The highest BCUT2D eigenvalue weighted by Crippen LogP contribution is 2.46. The first-order chi connectivity index (χ1) is 46.4. The molecule has 522 valence electrons. The van der Waals surface area contributed by atoms with Crippen molar-refractivity contribution in [3.8, 4) is 34.5 Å². The molecule has 10 rings (SSSR count). The number of ether oxygens (including phenoxy) is 6. The first-order valence-electron chi connectivity index (χ1n) is 36.1. The maximum Gasteiger partial charge on any atom is 0.146 e. The van der Waals surface area contributed by atoms with Gasteiger partial charge in [0, 0.05) is 95.3 Å². The number of fused-ring (bicyclic) bond motifs is 12. The SMILES string of the molecule is CCOc1c2cc(C(C)(C)C)cc1Cc1cc(C(C)(C)C)cc(c1OCc1nccn1CC)Cc1cc(C(C)(C)C)cc(c1OCC)Cc1cc(C(C)(C)C)cc(c1OCc1nccn1CC)Cc1cc(C(C)(C)C)cc(c1OCC)Cc1cccc(c1OCc1nccn1CC)C2. The molecule has 3 aromatic heterocycles. The van der Waals surface area contributed by atoms with E-state index in [1.54, 1.807) is 0 Å². The zero-order valence-electron chi connectivity index (χ0n) is 63.2. The second kappa shape index (κ2) is 29.7. The Morgan fingerprint density at radius 1 is 0.286 bits per heavy atom. The molecule has 6 aromatic carbocycles. The van der Waals surface area contributed by atoms with Crippen LogP contribution in [0.25, 0.3) is 0 Å². The average molecular weight is 1330 g/mol. The number of hydrogen-bond donors (Lipinski definition) is 0. The van der Waals surface area contributed by atoms with Crippen LogP contribution < -0.4 is 28.4 Å². The smallest absolute Gasteiger partial charge is 0.146 e. The quantitative estimate of drug-likeness (QED) is 0.0830. The molecule has 0 N–H and O–H groups in total. The summed E-state index contributed by atoms with van der Waals surface area (Å²) in [5.74, 6) is 7.75. The van der Waals surface area contributed by atoms with Crippen molar-refractivity contribution < 1.29 is 28.4 Å². The summed E-state index contributed by atoms with van der Waals surface area (Å²) in [7, 11) is 0. The molecule has 0 saturated carbocycles. The molecule has 0 unspecified atom stereocenters. The van der Waals surface area contributed by atoms with Gasteiger partial charge in [-0.2, -0.15) is 0 Å². The lowest BCUT2D eigenvalue weighted by Crippen LogP contribution is -2.17. The van der Waals surface area contributed by atoms with Gasteiger partial charge in [0.15, 0.2) is 0 Å². The van der Waals surface area contributed by atoms with E-state index in [1.165, 1.54) is 27.8 Å². The van der Waals surface area contributed by atoms with Crippen LogP contribution in [0.2, 0.25) is 0 Å². The molecule has 0 aliphatic heterocycles. The molecule has 0 radical (unpaired) electrons. The number of hydrogen-bond acceptors (Lipinski definition) is 9. The van der Waals surface area contributed by atoms with Gasteiger partial charge in [0.25, 0.3) is 0 Å². The molecule has 1 aliphatic rings. The lowest BCUT2D eigenvalue weighted by molar-refractivity contribution is 0.283. The summed E-state index contributed by atoms with van der Waals surface area (Å²) in [5, 5.41) is 0. The van der Waals surface area contributed by atoms with Crippen LogP contribution in [0.1, 0.15) is 257 Å². The van der Waals surface area contributed by atoms with Crippen molar-refractivity contribution in [1.82, 2.24) is 28.7 Å². The van der Waals surface area contributed by atoms with Crippen molar-refractivity contribution in [2.45, 2.75) is 250 Å². The molecule has 0 amide bonds. The van der Waals surface area contributed by atoms with E-state index in [4.69, 9.17) is 43.4 Å². The van der Waals surface area contributed by atoms with Crippen LogP contribution in [-0.2, 0) is 105 Å². The maximum atomic E-state index is 7.45. The topological polar surface area (TPSA) is 109 Å². The molecule has 12 nitrogen and oxygen atoms in total. The van der Waals surface area contributed by atoms with E-state index < -0.39 is 0 Å². The lowest BCUT2D eigenvalue weighted by Gasteiger charge is -2.29. The number of imidazole rings is 3. The van der Waals surface area contributed by atoms with E-state index in [0.29, 0.717) is 58.3 Å². The van der Waals surface area contributed by atoms with Gasteiger partial charge in [0.05, 0.1) is 19.8 Å². The summed E-state index contributed by atoms with van der Waals surface area (Å²) in [5.41, 5.74) is 17.9. The van der Waals surface area contributed by atoms with Crippen molar-refractivity contribution in [2.24, 2.45) is 0 Å². The van der Waals surface area contributed by atoms with Crippen LogP contribution in [0, 0.1) is 0 Å². The van der Waals surface area contributed by atoms with Crippen LogP contribution in [-0.4, -0.2) is 48.5 Å². The van der Waals surface area contributed by atoms with Gasteiger partial charge in [0.2, 0.25) is 0 Å². The van der Waals surface area contributed by atoms with Gasteiger partial charge in [-0.15, -0.1) is 0 Å². The predicted octanol–water partition coefficient (Wildman–Crippen LogP) is 19.6. The summed E-state index contributed by atoms with van der Waals surface area (Å²) in [6, 6.07) is 30.6. The summed E-state index contributed by atoms with van der Waals surface area (Å²) < 4.78 is 50.1. The molecule has 9 aromatic rings. The maximum absolute atomic E-state index is 7.45. The van der Waals surface area contributed by atoms with E-state index in [0.717, 1.165) is 138 Å². The summed E-state index contributed by atoms with van der Waals surface area (Å²) in [6.07, 6.45) is 15.0. The molecular weight excluding hydrogens is 1210 g/mol. The van der Waals surface area contributed by atoms with Gasteiger partial charge in [-0.05, 0) is 163 Å². The number of nitrogens with zero attached hydrogens (tertiary/aromatic N) is 6. The van der Waals surface area contributed by atoms with Gasteiger partial charge in [0.1, 0.15) is 71.8 Å². The molecule has 3 heterocycles. The average Bonchev–Trinajstić information content (AvgIpc) is 0.967. The number of para-hydroxylation sites is 1. The predicted molar refractivity (Wildman–Crippen MR) is 399 cm³/mol. The summed E-state index contributed by atoms with van der Waals surface area (Å²) in [4.78, 5) is 14.6. The Bertz CT molecular complexity index is 4020. The van der Waals surface area contributed by atoms with Crippen LogP contribution in [0.3, 0.4) is 0 Å². The highest BCUT2D eigenvalue weighted by Gasteiger charge is 2.31. The highest BCUT2D eigenvalue weighted by atomic mass is 16.5. The van der Waals surface area contributed by atoms with Crippen LogP contribution in [0.4, 0.5) is 0 Å². The zero-order chi connectivity index (χ0) is 70.6. The van der Waals surface area contributed by atoms with E-state index in [-0.39, 0.29) is 46.9 Å². The van der Waals surface area contributed by atoms with E-state index in [1.807, 2.05) is 37.2 Å². The van der Waals surface area contributed by atoms with Crippen molar-refractivity contribution in [3.05, 3.63) is 228 Å². The van der Waals surface area contributed by atoms with Crippen LogP contribution in [0.5, 0.6) is 34.5 Å². The number of aryl methyl sites for hydroxylation is 3. The third kappa shape index (κ3) is 16.6. The highest BCUT2D eigenvalue weighted by molar-refractivity contribution is 5.61. The molecule has 12 heteroatoms. The standard InChI is InChI=1S/C86H112N6O6/c1-22-90-34-31-87-73(90)53-96-76-56-29-28-30-57(76)38-59-44-69(83(10,11)12)46-61(78(59)94-26-5)40-65-50-72(86(19,20)21)52-67(81(65)98-55-75-89-33-36-92(75)24-3)42-63-48-70(84(13,14)15)47-62(79(63)95-27-6)41-66-51-71(85(16,17)18)49-64(80(66)97-54-74-88-32-35-91(74)23-2)39-60-45-68(82(7,8)9)43-58(37-56)77(60)93-25-4/h28-36,43-52H,22-27,37-42,53-55H2,1-21H3. The molecule has 98 heavy (non-hydrogen) atoms. The zero-order valence-corrected chi connectivity index (χ0v) is 63.2. The Hall–Kier alpha value is -8.25. The Morgan fingerprint density at radius 2 is 0.480 bits per heavy atom. The molecule has 0 fully saturated rings. The minimum absolute atomic E-state index is 0.221. The number of aromatic nitrogens is 6. The molecule has 0 spiro atoms. The monoisotopic (exact) mass is 1320 g/mol. The fourth-order valence-corrected chi connectivity index (χ4v) is 13.7. The number of benzene rings is 6. The second-order valence-corrected chi connectivity index (χ2v) is 31.9. The van der Waals surface area contributed by atoms with Crippen molar-refractivity contribution in [2.75, 3.05) is 19.8 Å². The normalized spacial score (nSPS) is 13.3. The van der Waals surface area contributed by atoms with Gasteiger partial charge in [-0.1, -0.05) is 183 Å². The Balaban J connectivity index is 1.34. The molecule has 12 bridgehead atoms. The fourth-order valence-electron chi connectivity index (χ4n) is 13.7. The van der Waals surface area contributed by atoms with Crippen molar-refractivity contribution in [3.63, 3.8) is 0 Å². The van der Waals surface area contributed by atoms with Crippen LogP contribution in [0.15, 0.2) is 116 Å². The van der Waals surface area contributed by atoms with Gasteiger partial charge in [-0.25, -0.2) is 15.0 Å². The van der Waals surface area contributed by atoms with E-state index in [2.05, 4.69) is 238 Å². The minimum atomic E-state index is -0.236. The number of rotatable bonds is 18. The van der Waals surface area contributed by atoms with Gasteiger partial charge >= 0.3 is 0 Å². The van der Waals surface area contributed by atoms with Crippen molar-refractivity contribution in [1.29, 1.82) is 0 Å². The largest absolute Gasteiger partial charge is 0.493 e. The molecule has 0 atom stereocenters. The Morgan fingerprint density at radius 3 is 0.673 bits per heavy atom. The van der Waals surface area contributed by atoms with Gasteiger partial charge < -0.3 is 42.1 Å². The third-order valence-corrected chi connectivity index (χ3v) is 19.3. The van der Waals surface area contributed by atoms with Crippen LogP contribution >= 0.6 is 0 Å². The molecular formula is C86H112N6O6. The summed E-state index contributed by atoms with van der Waals surface area (Å²) >= 11 is 0. The van der Waals surface area contributed by atoms with Crippen molar-refractivity contribution >= 4 is 0 Å². The van der Waals surface area contributed by atoms with E-state index >= 15 is 0 Å². The molecule has 0 saturated heterocycles. The second-order valence-electron chi connectivity index (χ2n) is 31.9.